The third-order valence-corrected chi connectivity index (χ3v) is 4.14. The van der Waals surface area contributed by atoms with E-state index in [9.17, 15) is 4.79 Å². The van der Waals surface area contributed by atoms with E-state index in [-0.39, 0.29) is 12.3 Å². The number of aromatic nitrogens is 1. The van der Waals surface area contributed by atoms with Crippen molar-refractivity contribution < 1.29 is 9.90 Å². The van der Waals surface area contributed by atoms with E-state index < -0.39 is 5.97 Å². The van der Waals surface area contributed by atoms with Crippen LogP contribution >= 0.6 is 15.9 Å². The summed E-state index contributed by atoms with van der Waals surface area (Å²) in [6, 6.07) is 8.03. The summed E-state index contributed by atoms with van der Waals surface area (Å²) in [5.74, 6) is 0.459. The molecule has 0 spiro atoms. The summed E-state index contributed by atoms with van der Waals surface area (Å²) in [4.78, 5) is 17.2. The Morgan fingerprint density at radius 2 is 2.16 bits per heavy atom. The zero-order valence-corrected chi connectivity index (χ0v) is 11.8. The normalized spacial score (nSPS) is 15.5. The molecule has 0 radical (unpaired) electrons. The van der Waals surface area contributed by atoms with E-state index in [0.29, 0.717) is 0 Å². The van der Waals surface area contributed by atoms with Crippen molar-refractivity contribution in [1.29, 1.82) is 0 Å². The van der Waals surface area contributed by atoms with E-state index in [2.05, 4.69) is 25.8 Å². The van der Waals surface area contributed by atoms with Crippen molar-refractivity contribution in [3.8, 4) is 0 Å². The van der Waals surface area contributed by atoms with Crippen LogP contribution in [0.3, 0.4) is 0 Å². The summed E-state index contributed by atoms with van der Waals surface area (Å²) >= 11 is 3.54. The van der Waals surface area contributed by atoms with Gasteiger partial charge in [-0.15, -0.1) is 0 Å². The molecule has 2 aromatic rings. The number of rotatable bonds is 3. The molecule has 1 aromatic carbocycles. The molecule has 4 nitrogen and oxygen atoms in total. The van der Waals surface area contributed by atoms with Gasteiger partial charge in [-0.3, -0.25) is 4.79 Å². The topological polar surface area (TPSA) is 53.4 Å². The lowest BCUT2D eigenvalue weighted by Gasteiger charge is -2.40. The Morgan fingerprint density at radius 1 is 1.37 bits per heavy atom. The number of pyridine rings is 1. The van der Waals surface area contributed by atoms with Crippen molar-refractivity contribution in [3.05, 3.63) is 34.9 Å². The highest BCUT2D eigenvalue weighted by molar-refractivity contribution is 9.10. The van der Waals surface area contributed by atoms with Gasteiger partial charge in [-0.25, -0.2) is 4.98 Å². The predicted molar refractivity (Wildman–Crippen MR) is 77.4 cm³/mol. The molecule has 0 aliphatic carbocycles. The Hall–Kier alpha value is -1.62. The summed E-state index contributed by atoms with van der Waals surface area (Å²) < 4.78 is 1.05. The molecule has 1 N–H and O–H groups in total. The number of hydrogen-bond acceptors (Lipinski definition) is 3. The maximum atomic E-state index is 10.7. The van der Waals surface area contributed by atoms with Gasteiger partial charge in [0.1, 0.15) is 5.82 Å². The molecule has 1 aliphatic heterocycles. The molecule has 0 amide bonds. The first-order valence-corrected chi connectivity index (χ1v) is 6.94. The monoisotopic (exact) mass is 320 g/mol. The number of nitrogens with zero attached hydrogens (tertiary/aromatic N) is 2. The molecule has 1 saturated heterocycles. The second-order valence-corrected chi connectivity index (χ2v) is 5.69. The van der Waals surface area contributed by atoms with Gasteiger partial charge in [0.15, 0.2) is 0 Å². The first-order valence-electron chi connectivity index (χ1n) is 6.15. The molecule has 2 heterocycles. The minimum absolute atomic E-state index is 0.238. The summed E-state index contributed by atoms with van der Waals surface area (Å²) in [7, 11) is 0. The molecule has 0 saturated carbocycles. The van der Waals surface area contributed by atoms with Crippen molar-refractivity contribution in [2.24, 2.45) is 5.92 Å². The Bertz CT molecular complexity index is 638. The molecule has 1 aliphatic rings. The van der Waals surface area contributed by atoms with E-state index in [1.165, 1.54) is 0 Å². The minimum Gasteiger partial charge on any atom is -0.481 e. The summed E-state index contributed by atoms with van der Waals surface area (Å²) in [5, 5.41) is 11.0. The number of carboxylic acids is 1. The lowest BCUT2D eigenvalue weighted by atomic mass is 9.96. The van der Waals surface area contributed by atoms with E-state index in [1.54, 1.807) is 6.20 Å². The fourth-order valence-electron chi connectivity index (χ4n) is 2.52. The Morgan fingerprint density at radius 3 is 2.89 bits per heavy atom. The molecule has 5 heteroatoms. The molecular weight excluding hydrogens is 308 g/mol. The second-order valence-electron chi connectivity index (χ2n) is 4.84. The van der Waals surface area contributed by atoms with Gasteiger partial charge in [0.2, 0.25) is 0 Å². The molecule has 0 atom stereocenters. The third kappa shape index (κ3) is 2.30. The van der Waals surface area contributed by atoms with Gasteiger partial charge in [0, 0.05) is 40.4 Å². The Balaban J connectivity index is 1.87. The molecule has 3 rings (SSSR count). The van der Waals surface area contributed by atoms with Crippen LogP contribution in [-0.4, -0.2) is 29.1 Å². The van der Waals surface area contributed by atoms with Crippen LogP contribution in [0.1, 0.15) is 6.42 Å². The summed E-state index contributed by atoms with van der Waals surface area (Å²) in [6.45, 7) is 1.54. The molecule has 1 fully saturated rings. The van der Waals surface area contributed by atoms with Gasteiger partial charge in [-0.1, -0.05) is 28.1 Å². The van der Waals surface area contributed by atoms with E-state index >= 15 is 0 Å². The number of anilines is 1. The molecule has 19 heavy (non-hydrogen) atoms. The zero-order chi connectivity index (χ0) is 13.4. The van der Waals surface area contributed by atoms with Gasteiger partial charge in [0.25, 0.3) is 0 Å². The fraction of sp³-hybridized carbons (Fsp3) is 0.286. The zero-order valence-electron chi connectivity index (χ0n) is 10.2. The second kappa shape index (κ2) is 4.81. The van der Waals surface area contributed by atoms with E-state index in [4.69, 9.17) is 5.11 Å². The highest BCUT2D eigenvalue weighted by Gasteiger charge is 2.30. The number of aliphatic carboxylic acids is 1. The minimum atomic E-state index is -0.724. The SMILES string of the molecule is O=C(O)CC1CN(c2nccc3c(Br)cccc23)C1. The van der Waals surface area contributed by atoms with Crippen molar-refractivity contribution in [3.63, 3.8) is 0 Å². The van der Waals surface area contributed by atoms with Crippen LogP contribution in [0.2, 0.25) is 0 Å². The highest BCUT2D eigenvalue weighted by atomic mass is 79.9. The molecule has 98 valence electrons. The quantitative estimate of drug-likeness (QED) is 0.944. The van der Waals surface area contributed by atoms with E-state index in [1.807, 2.05) is 24.3 Å². The maximum Gasteiger partial charge on any atom is 0.303 e. The van der Waals surface area contributed by atoms with Gasteiger partial charge >= 0.3 is 5.97 Å². The smallest absolute Gasteiger partial charge is 0.303 e. The third-order valence-electron chi connectivity index (χ3n) is 3.45. The molecule has 0 bridgehead atoms. The summed E-state index contributed by atoms with van der Waals surface area (Å²) in [6.07, 6.45) is 2.04. The van der Waals surface area contributed by atoms with Crippen LogP contribution in [-0.2, 0) is 4.79 Å². The van der Waals surface area contributed by atoms with Crippen molar-refractivity contribution in [2.45, 2.75) is 6.42 Å². The van der Waals surface area contributed by atoms with Crippen LogP contribution in [0.15, 0.2) is 34.9 Å². The number of hydrogen-bond donors (Lipinski definition) is 1. The number of benzene rings is 1. The van der Waals surface area contributed by atoms with Crippen LogP contribution in [0.25, 0.3) is 10.8 Å². The van der Waals surface area contributed by atoms with Crippen LogP contribution in [0.5, 0.6) is 0 Å². The van der Waals surface area contributed by atoms with Gasteiger partial charge in [0.05, 0.1) is 6.42 Å². The lowest BCUT2D eigenvalue weighted by molar-refractivity contribution is -0.138. The average Bonchev–Trinajstić information content (AvgIpc) is 2.33. The van der Waals surface area contributed by atoms with Gasteiger partial charge < -0.3 is 10.0 Å². The van der Waals surface area contributed by atoms with E-state index in [0.717, 1.165) is 34.2 Å². The molecule has 1 aromatic heterocycles. The highest BCUT2D eigenvalue weighted by Crippen LogP contribution is 2.33. The summed E-state index contributed by atoms with van der Waals surface area (Å²) in [5.41, 5.74) is 0. The average molecular weight is 321 g/mol. The maximum absolute atomic E-state index is 10.7. The van der Waals surface area contributed by atoms with Crippen LogP contribution < -0.4 is 4.90 Å². The number of fused-ring (bicyclic) bond motifs is 1. The van der Waals surface area contributed by atoms with Crippen LogP contribution in [0, 0.1) is 5.92 Å². The Labute approximate surface area is 119 Å². The lowest BCUT2D eigenvalue weighted by Crippen LogP contribution is -2.48. The molecular formula is C14H13BrN2O2. The van der Waals surface area contributed by atoms with Crippen LogP contribution in [0.4, 0.5) is 5.82 Å². The first-order chi connectivity index (χ1) is 9.15. The molecule has 0 unspecified atom stereocenters. The Kier molecular flexibility index (Phi) is 3.14. The van der Waals surface area contributed by atoms with Crippen molar-refractivity contribution in [1.82, 2.24) is 4.98 Å². The number of carbonyl (C=O) groups is 1. The van der Waals surface area contributed by atoms with Crippen molar-refractivity contribution >= 4 is 38.5 Å². The number of halogens is 1. The van der Waals surface area contributed by atoms with Gasteiger partial charge in [-0.05, 0) is 12.1 Å². The largest absolute Gasteiger partial charge is 0.481 e. The predicted octanol–water partition coefficient (Wildman–Crippen LogP) is 2.91. The van der Waals surface area contributed by atoms with Crippen molar-refractivity contribution in [2.75, 3.05) is 18.0 Å². The first kappa shape index (κ1) is 12.4. The number of carboxylic acid groups (broad SMARTS) is 1. The van der Waals surface area contributed by atoms with Gasteiger partial charge in [-0.2, -0.15) is 0 Å². The standard InChI is InChI=1S/C14H13BrN2O2/c15-12-3-1-2-11-10(12)4-5-16-14(11)17-7-9(8-17)6-13(18)19/h1-5,9H,6-8H2,(H,18,19). The fourth-order valence-corrected chi connectivity index (χ4v) is 3.02.